The average Bonchev–Trinajstić information content (AvgIpc) is 2.97. The van der Waals surface area contributed by atoms with Crippen LogP contribution in [0.1, 0.15) is 28.4 Å². The van der Waals surface area contributed by atoms with Crippen LogP contribution in [0.5, 0.6) is 0 Å². The molecule has 0 N–H and O–H groups in total. The Morgan fingerprint density at radius 2 is 1.34 bits per heavy atom. The third-order valence-electron chi connectivity index (χ3n) is 6.47. The van der Waals surface area contributed by atoms with E-state index in [1.165, 1.54) is 7.11 Å². The van der Waals surface area contributed by atoms with Crippen LogP contribution in [0.2, 0.25) is 0 Å². The quantitative estimate of drug-likeness (QED) is 0.233. The van der Waals surface area contributed by atoms with E-state index in [0.29, 0.717) is 25.1 Å². The molecule has 5 nitrogen and oxygen atoms in total. The molecule has 0 spiro atoms. The average molecular weight is 508 g/mol. The van der Waals surface area contributed by atoms with E-state index >= 15 is 0 Å². The van der Waals surface area contributed by atoms with Crippen LogP contribution in [0.25, 0.3) is 22.3 Å². The molecule has 0 aromatic heterocycles. The first-order chi connectivity index (χ1) is 18.5. The minimum absolute atomic E-state index is 0.0196. The van der Waals surface area contributed by atoms with Crippen LogP contribution in [-0.4, -0.2) is 43.6 Å². The molecule has 1 amide bonds. The SMILES string of the molecule is CCOC(Cc1ccc(-c2cccc(CN(C)C(=O)c3ccc(-c4ccccc4)cc3)c2)cc1)C(=O)OC. The van der Waals surface area contributed by atoms with Crippen LogP contribution < -0.4 is 0 Å². The maximum Gasteiger partial charge on any atom is 0.335 e. The number of hydrogen-bond donors (Lipinski definition) is 0. The van der Waals surface area contributed by atoms with Crippen LogP contribution >= 0.6 is 0 Å². The van der Waals surface area contributed by atoms with Crippen molar-refractivity contribution in [2.24, 2.45) is 0 Å². The fraction of sp³-hybridized carbons (Fsp3) is 0.212. The zero-order chi connectivity index (χ0) is 26.9. The Kier molecular flexibility index (Phi) is 9.07. The van der Waals surface area contributed by atoms with E-state index < -0.39 is 6.10 Å². The molecule has 0 saturated heterocycles. The summed E-state index contributed by atoms with van der Waals surface area (Å²) in [7, 11) is 3.20. The van der Waals surface area contributed by atoms with Crippen molar-refractivity contribution in [2.75, 3.05) is 20.8 Å². The predicted octanol–water partition coefficient (Wildman–Crippen LogP) is 6.41. The number of methoxy groups -OCH3 is 1. The number of rotatable bonds is 10. The molecule has 1 unspecified atom stereocenters. The molecule has 1 atom stereocenters. The van der Waals surface area contributed by atoms with Crippen LogP contribution in [0, 0.1) is 0 Å². The Hall–Kier alpha value is -4.22. The fourth-order valence-electron chi connectivity index (χ4n) is 4.44. The Labute approximate surface area is 224 Å². The van der Waals surface area contributed by atoms with Crippen molar-refractivity contribution in [1.29, 1.82) is 0 Å². The largest absolute Gasteiger partial charge is 0.467 e. The monoisotopic (exact) mass is 507 g/mol. The van der Waals surface area contributed by atoms with Crippen molar-refractivity contribution >= 4 is 11.9 Å². The van der Waals surface area contributed by atoms with Gasteiger partial charge in [0.15, 0.2) is 6.10 Å². The van der Waals surface area contributed by atoms with Gasteiger partial charge in [-0.15, -0.1) is 0 Å². The van der Waals surface area contributed by atoms with Gasteiger partial charge in [0, 0.05) is 32.2 Å². The maximum absolute atomic E-state index is 13.1. The van der Waals surface area contributed by atoms with Crippen molar-refractivity contribution in [1.82, 2.24) is 4.90 Å². The van der Waals surface area contributed by atoms with Gasteiger partial charge in [-0.1, -0.05) is 84.9 Å². The molecule has 0 saturated carbocycles. The van der Waals surface area contributed by atoms with Gasteiger partial charge >= 0.3 is 5.97 Å². The van der Waals surface area contributed by atoms with Gasteiger partial charge in [-0.25, -0.2) is 4.79 Å². The third-order valence-corrected chi connectivity index (χ3v) is 6.47. The first-order valence-corrected chi connectivity index (χ1v) is 12.8. The topological polar surface area (TPSA) is 55.8 Å². The van der Waals surface area contributed by atoms with Crippen molar-refractivity contribution in [3.8, 4) is 22.3 Å². The highest BCUT2D eigenvalue weighted by Gasteiger charge is 2.20. The van der Waals surface area contributed by atoms with Crippen molar-refractivity contribution in [2.45, 2.75) is 26.0 Å². The molecule has 4 aromatic carbocycles. The lowest BCUT2D eigenvalue weighted by molar-refractivity contribution is -0.153. The predicted molar refractivity (Wildman–Crippen MR) is 151 cm³/mol. The van der Waals surface area contributed by atoms with Crippen LogP contribution in [0.15, 0.2) is 103 Å². The van der Waals surface area contributed by atoms with E-state index in [1.54, 1.807) is 4.90 Å². The molecule has 0 radical (unpaired) electrons. The van der Waals surface area contributed by atoms with Gasteiger partial charge in [-0.05, 0) is 58.5 Å². The summed E-state index contributed by atoms with van der Waals surface area (Å²) in [6, 6.07) is 34.2. The second-order valence-electron chi connectivity index (χ2n) is 9.17. The van der Waals surface area contributed by atoms with Gasteiger partial charge in [0.05, 0.1) is 7.11 Å². The smallest absolute Gasteiger partial charge is 0.335 e. The normalized spacial score (nSPS) is 11.6. The summed E-state index contributed by atoms with van der Waals surface area (Å²) in [5, 5.41) is 0. The number of ether oxygens (including phenoxy) is 2. The highest BCUT2D eigenvalue weighted by molar-refractivity contribution is 5.94. The number of hydrogen-bond acceptors (Lipinski definition) is 4. The zero-order valence-corrected chi connectivity index (χ0v) is 22.1. The van der Waals surface area contributed by atoms with E-state index in [1.807, 2.05) is 92.8 Å². The lowest BCUT2D eigenvalue weighted by Crippen LogP contribution is -2.28. The van der Waals surface area contributed by atoms with Crippen LogP contribution in [0.4, 0.5) is 0 Å². The van der Waals surface area contributed by atoms with Gasteiger partial charge in [-0.2, -0.15) is 0 Å². The molecule has 0 aliphatic rings. The molecule has 0 aliphatic heterocycles. The van der Waals surface area contributed by atoms with E-state index in [9.17, 15) is 9.59 Å². The highest BCUT2D eigenvalue weighted by atomic mass is 16.6. The van der Waals surface area contributed by atoms with E-state index in [2.05, 4.69) is 24.3 Å². The molecule has 194 valence electrons. The van der Waals surface area contributed by atoms with E-state index in [0.717, 1.165) is 33.4 Å². The van der Waals surface area contributed by atoms with Crippen LogP contribution in [0.3, 0.4) is 0 Å². The first-order valence-electron chi connectivity index (χ1n) is 12.8. The standard InChI is InChI=1S/C33H33NO4/c1-4-38-31(33(36)37-3)22-24-13-15-28(16-14-24)30-12-8-9-25(21-30)23-34(2)32(35)29-19-17-27(18-20-29)26-10-6-5-7-11-26/h5-21,31H,4,22-23H2,1-3H3. The summed E-state index contributed by atoms with van der Waals surface area (Å²) in [5.41, 5.74) is 7.05. The first kappa shape index (κ1) is 26.8. The summed E-state index contributed by atoms with van der Waals surface area (Å²) >= 11 is 0. The molecule has 0 fully saturated rings. The fourth-order valence-corrected chi connectivity index (χ4v) is 4.44. The van der Waals surface area contributed by atoms with E-state index in [4.69, 9.17) is 9.47 Å². The number of amides is 1. The van der Waals surface area contributed by atoms with Crippen molar-refractivity contribution in [3.63, 3.8) is 0 Å². The lowest BCUT2D eigenvalue weighted by atomic mass is 9.99. The Balaban J connectivity index is 1.41. The molecule has 0 heterocycles. The van der Waals surface area contributed by atoms with Gasteiger partial charge in [-0.3, -0.25) is 4.79 Å². The van der Waals surface area contributed by atoms with Gasteiger partial charge in [0.2, 0.25) is 0 Å². The molecular formula is C33H33NO4. The lowest BCUT2D eigenvalue weighted by Gasteiger charge is -2.18. The van der Waals surface area contributed by atoms with Crippen LogP contribution in [-0.2, 0) is 27.2 Å². The summed E-state index contributed by atoms with van der Waals surface area (Å²) in [6.07, 6.45) is -0.151. The number of esters is 1. The summed E-state index contributed by atoms with van der Waals surface area (Å²) in [4.78, 5) is 26.8. The van der Waals surface area contributed by atoms with Crippen molar-refractivity contribution < 1.29 is 19.1 Å². The molecular weight excluding hydrogens is 474 g/mol. The molecule has 0 aliphatic carbocycles. The minimum Gasteiger partial charge on any atom is -0.467 e. The molecule has 0 bridgehead atoms. The number of carbonyl (C=O) groups excluding carboxylic acids is 2. The molecule has 4 rings (SSSR count). The van der Waals surface area contributed by atoms with Gasteiger partial charge < -0.3 is 14.4 Å². The highest BCUT2D eigenvalue weighted by Crippen LogP contribution is 2.23. The molecule has 4 aromatic rings. The second kappa shape index (κ2) is 12.8. The number of nitrogens with zero attached hydrogens (tertiary/aromatic N) is 1. The molecule has 38 heavy (non-hydrogen) atoms. The Morgan fingerprint density at radius 1 is 0.737 bits per heavy atom. The summed E-state index contributed by atoms with van der Waals surface area (Å²) in [6.45, 7) is 2.81. The Bertz CT molecular complexity index is 1350. The third kappa shape index (κ3) is 6.75. The maximum atomic E-state index is 13.1. The zero-order valence-electron chi connectivity index (χ0n) is 22.1. The minimum atomic E-state index is -0.609. The second-order valence-corrected chi connectivity index (χ2v) is 9.17. The summed E-state index contributed by atoms with van der Waals surface area (Å²) in [5.74, 6) is -0.386. The molecule has 5 heteroatoms. The number of benzene rings is 4. The number of carbonyl (C=O) groups is 2. The van der Waals surface area contributed by atoms with Gasteiger partial charge in [0.25, 0.3) is 5.91 Å². The van der Waals surface area contributed by atoms with E-state index in [-0.39, 0.29) is 11.9 Å². The Morgan fingerprint density at radius 3 is 2.00 bits per heavy atom. The summed E-state index contributed by atoms with van der Waals surface area (Å²) < 4.78 is 10.4. The van der Waals surface area contributed by atoms with Gasteiger partial charge in [0.1, 0.15) is 0 Å². The van der Waals surface area contributed by atoms with Crippen molar-refractivity contribution in [3.05, 3.63) is 120 Å².